The van der Waals surface area contributed by atoms with Crippen LogP contribution in [-0.4, -0.2) is 29.0 Å². The molecule has 0 amide bonds. The van der Waals surface area contributed by atoms with Crippen molar-refractivity contribution in [3.05, 3.63) is 18.2 Å². The SMILES string of the molecule is CCCC1CCC(Nc2cccc3n[se]nc23)CC1. The predicted octanol–water partition coefficient (Wildman–Crippen LogP) is 3.46. The van der Waals surface area contributed by atoms with Gasteiger partial charge in [0.05, 0.1) is 0 Å². The van der Waals surface area contributed by atoms with Gasteiger partial charge in [-0.3, -0.25) is 0 Å². The van der Waals surface area contributed by atoms with Crippen LogP contribution >= 0.6 is 0 Å². The topological polar surface area (TPSA) is 37.8 Å². The molecule has 1 fully saturated rings. The van der Waals surface area contributed by atoms with E-state index in [1.54, 1.807) is 0 Å². The molecule has 102 valence electrons. The summed E-state index contributed by atoms with van der Waals surface area (Å²) in [6.45, 7) is 2.30. The summed E-state index contributed by atoms with van der Waals surface area (Å²) in [5.74, 6) is 0.965. The van der Waals surface area contributed by atoms with Crippen LogP contribution in [0.2, 0.25) is 0 Å². The summed E-state index contributed by atoms with van der Waals surface area (Å²) < 4.78 is 8.99. The van der Waals surface area contributed by atoms with Crippen LogP contribution in [-0.2, 0) is 0 Å². The van der Waals surface area contributed by atoms with Crippen LogP contribution in [0, 0.1) is 5.92 Å². The van der Waals surface area contributed by atoms with E-state index in [1.807, 2.05) is 0 Å². The molecule has 4 heteroatoms. The first-order valence-electron chi connectivity index (χ1n) is 7.34. The van der Waals surface area contributed by atoms with Crippen molar-refractivity contribution < 1.29 is 0 Å². The second-order valence-corrected chi connectivity index (χ2v) is 6.70. The van der Waals surface area contributed by atoms with Gasteiger partial charge in [-0.1, -0.05) is 0 Å². The van der Waals surface area contributed by atoms with E-state index in [4.69, 9.17) is 0 Å². The number of hydrogen-bond acceptors (Lipinski definition) is 3. The Morgan fingerprint density at radius 1 is 1.21 bits per heavy atom. The van der Waals surface area contributed by atoms with Crippen molar-refractivity contribution in [3.8, 4) is 0 Å². The van der Waals surface area contributed by atoms with E-state index in [9.17, 15) is 0 Å². The second kappa shape index (κ2) is 6.06. The second-order valence-electron chi connectivity index (χ2n) is 5.59. The van der Waals surface area contributed by atoms with Gasteiger partial charge in [-0.15, -0.1) is 0 Å². The van der Waals surface area contributed by atoms with Gasteiger partial charge in [-0.2, -0.15) is 0 Å². The Bertz CT molecular complexity index is 529. The third-order valence-corrected chi connectivity index (χ3v) is 5.33. The molecule has 3 nitrogen and oxygen atoms in total. The zero-order valence-corrected chi connectivity index (χ0v) is 13.1. The van der Waals surface area contributed by atoms with E-state index in [-0.39, 0.29) is 15.0 Å². The first-order chi connectivity index (χ1) is 9.36. The third-order valence-electron chi connectivity index (χ3n) is 4.19. The molecule has 0 aliphatic heterocycles. The molecule has 1 N–H and O–H groups in total. The normalized spacial score (nSPS) is 23.6. The Morgan fingerprint density at radius 2 is 2.05 bits per heavy atom. The van der Waals surface area contributed by atoms with Crippen LogP contribution in [0.4, 0.5) is 5.69 Å². The molecule has 0 bridgehead atoms. The summed E-state index contributed by atoms with van der Waals surface area (Å²) in [5, 5.41) is 3.70. The van der Waals surface area contributed by atoms with Crippen molar-refractivity contribution >= 4 is 31.7 Å². The van der Waals surface area contributed by atoms with Crippen LogP contribution in [0.3, 0.4) is 0 Å². The number of anilines is 1. The van der Waals surface area contributed by atoms with E-state index in [2.05, 4.69) is 38.4 Å². The molecule has 1 aromatic carbocycles. The molecular weight excluding hydrogens is 301 g/mol. The molecule has 0 radical (unpaired) electrons. The van der Waals surface area contributed by atoms with Crippen LogP contribution in [0.1, 0.15) is 45.4 Å². The van der Waals surface area contributed by atoms with Crippen molar-refractivity contribution in [1.82, 2.24) is 7.96 Å². The van der Waals surface area contributed by atoms with Crippen LogP contribution < -0.4 is 5.32 Å². The summed E-state index contributed by atoms with van der Waals surface area (Å²) in [7, 11) is 0. The first-order valence-corrected chi connectivity index (χ1v) is 8.88. The molecule has 0 unspecified atom stereocenters. The summed E-state index contributed by atoms with van der Waals surface area (Å²) >= 11 is 0.0684. The van der Waals surface area contributed by atoms with E-state index in [0.717, 1.165) is 17.0 Å². The van der Waals surface area contributed by atoms with Gasteiger partial charge in [0, 0.05) is 0 Å². The van der Waals surface area contributed by atoms with Gasteiger partial charge in [0.1, 0.15) is 0 Å². The third kappa shape index (κ3) is 3.01. The number of hydrogen-bond donors (Lipinski definition) is 1. The molecule has 1 aliphatic rings. The molecule has 0 atom stereocenters. The molecule has 19 heavy (non-hydrogen) atoms. The molecule has 3 rings (SSSR count). The summed E-state index contributed by atoms with van der Waals surface area (Å²) in [5.41, 5.74) is 3.36. The van der Waals surface area contributed by atoms with Crippen molar-refractivity contribution in [2.75, 3.05) is 5.32 Å². The molecule has 2 aromatic rings. The molecule has 1 saturated carbocycles. The number of fused-ring (bicyclic) bond motifs is 1. The minimum atomic E-state index is 0.0684. The Hall–Kier alpha value is -0.861. The number of rotatable bonds is 4. The van der Waals surface area contributed by atoms with Gasteiger partial charge in [0.25, 0.3) is 0 Å². The number of nitrogens with zero attached hydrogens (tertiary/aromatic N) is 2. The van der Waals surface area contributed by atoms with Crippen molar-refractivity contribution in [3.63, 3.8) is 0 Å². The van der Waals surface area contributed by atoms with Crippen molar-refractivity contribution in [1.29, 1.82) is 0 Å². The summed E-state index contributed by atoms with van der Waals surface area (Å²) in [6, 6.07) is 6.93. The number of nitrogens with one attached hydrogen (secondary N) is 1. The Kier molecular flexibility index (Phi) is 4.19. The van der Waals surface area contributed by atoms with E-state index in [1.165, 1.54) is 44.2 Å². The summed E-state index contributed by atoms with van der Waals surface area (Å²) in [4.78, 5) is 0. The van der Waals surface area contributed by atoms with Crippen LogP contribution in [0.25, 0.3) is 11.0 Å². The zero-order chi connectivity index (χ0) is 13.1. The number of benzene rings is 1. The fourth-order valence-electron chi connectivity index (χ4n) is 3.15. The predicted molar refractivity (Wildman–Crippen MR) is 80.8 cm³/mol. The van der Waals surface area contributed by atoms with E-state index in [0.29, 0.717) is 6.04 Å². The molecule has 0 saturated heterocycles. The maximum absolute atomic E-state index is 4.54. The number of aromatic nitrogens is 2. The van der Waals surface area contributed by atoms with Gasteiger partial charge in [0.2, 0.25) is 0 Å². The average Bonchev–Trinajstić information content (AvgIpc) is 2.91. The molecular formula is C15H21N3Se. The summed E-state index contributed by atoms with van der Waals surface area (Å²) in [6.07, 6.45) is 8.10. The van der Waals surface area contributed by atoms with E-state index >= 15 is 0 Å². The Balaban J connectivity index is 1.65. The van der Waals surface area contributed by atoms with Gasteiger partial charge in [-0.25, -0.2) is 0 Å². The molecule has 1 aliphatic carbocycles. The quantitative estimate of drug-likeness (QED) is 0.876. The fraction of sp³-hybridized carbons (Fsp3) is 0.600. The van der Waals surface area contributed by atoms with Gasteiger partial charge < -0.3 is 0 Å². The first kappa shape index (κ1) is 13.1. The maximum atomic E-state index is 4.54. The Morgan fingerprint density at radius 3 is 2.84 bits per heavy atom. The van der Waals surface area contributed by atoms with E-state index < -0.39 is 0 Å². The van der Waals surface area contributed by atoms with Crippen molar-refractivity contribution in [2.45, 2.75) is 51.5 Å². The molecule has 1 heterocycles. The van der Waals surface area contributed by atoms with Crippen LogP contribution in [0.5, 0.6) is 0 Å². The molecule has 0 spiro atoms. The van der Waals surface area contributed by atoms with Gasteiger partial charge >= 0.3 is 121 Å². The Labute approximate surface area is 121 Å². The molecule has 1 aromatic heterocycles. The minimum absolute atomic E-state index is 0.0684. The average molecular weight is 322 g/mol. The van der Waals surface area contributed by atoms with Crippen molar-refractivity contribution in [2.24, 2.45) is 5.92 Å². The van der Waals surface area contributed by atoms with Crippen LogP contribution in [0.15, 0.2) is 18.2 Å². The monoisotopic (exact) mass is 323 g/mol. The van der Waals surface area contributed by atoms with Gasteiger partial charge in [-0.05, 0) is 0 Å². The fourth-order valence-corrected chi connectivity index (χ4v) is 4.30. The van der Waals surface area contributed by atoms with Gasteiger partial charge in [0.15, 0.2) is 0 Å². The standard InChI is InChI=1S/C15H21N3Se/c1-2-4-11-7-9-12(10-8-11)16-13-5-3-6-14-15(13)18-19-17-14/h3,5-6,11-12,16H,2,4,7-10H2,1H3. The zero-order valence-electron chi connectivity index (χ0n) is 11.4.